The van der Waals surface area contributed by atoms with Crippen molar-refractivity contribution in [1.82, 2.24) is 0 Å². The molecule has 3 aromatic carbocycles. The molecule has 0 fully saturated rings. The molecule has 0 unspecified atom stereocenters. The third kappa shape index (κ3) is 4.76. The first-order chi connectivity index (χ1) is 14.2. The molecule has 0 radical (unpaired) electrons. The number of carbonyl (C=O) groups is 1. The van der Waals surface area contributed by atoms with Crippen LogP contribution in [-0.4, -0.2) is 25.7 Å². The summed E-state index contributed by atoms with van der Waals surface area (Å²) in [6.07, 6.45) is 0. The Labute approximate surface area is 170 Å². The quantitative estimate of drug-likeness (QED) is 0.681. The predicted molar refractivity (Wildman–Crippen MR) is 112 cm³/mol. The number of nitrogens with one attached hydrogen (secondary N) is 1. The second-order valence-electron chi connectivity index (χ2n) is 7.15. The molecular weight excluding hydrogens is 364 g/mol. The molecule has 0 spiro atoms. The third-order valence-corrected chi connectivity index (χ3v) is 4.96. The molecule has 5 nitrogen and oxygen atoms in total. The molecule has 5 heteroatoms. The second-order valence-corrected chi connectivity index (χ2v) is 7.15. The minimum Gasteiger partial charge on any atom is -0.486 e. The molecule has 1 amide bonds. The van der Waals surface area contributed by atoms with Crippen molar-refractivity contribution in [2.24, 2.45) is 0 Å². The van der Waals surface area contributed by atoms with E-state index in [4.69, 9.17) is 9.47 Å². The van der Waals surface area contributed by atoms with Crippen molar-refractivity contribution in [3.05, 3.63) is 89.5 Å². The van der Waals surface area contributed by atoms with Gasteiger partial charge in [0.25, 0.3) is 5.91 Å². The van der Waals surface area contributed by atoms with Crippen LogP contribution in [0, 0.1) is 6.92 Å². The molecule has 29 heavy (non-hydrogen) atoms. The molecule has 3 N–H and O–H groups in total. The van der Waals surface area contributed by atoms with Gasteiger partial charge >= 0.3 is 0 Å². The molecule has 1 aliphatic heterocycles. The van der Waals surface area contributed by atoms with Crippen LogP contribution in [0.15, 0.2) is 72.8 Å². The van der Waals surface area contributed by atoms with Crippen molar-refractivity contribution in [3.8, 4) is 11.5 Å². The molecular formula is C24H25N2O3+. The number of ether oxygens (including phenoxy) is 2. The highest BCUT2D eigenvalue weighted by atomic mass is 16.6. The lowest BCUT2D eigenvalue weighted by molar-refractivity contribution is -0.676. The van der Waals surface area contributed by atoms with Gasteiger partial charge in [-0.25, -0.2) is 0 Å². The van der Waals surface area contributed by atoms with Crippen molar-refractivity contribution >= 4 is 11.6 Å². The van der Waals surface area contributed by atoms with Gasteiger partial charge in [0.2, 0.25) is 0 Å². The van der Waals surface area contributed by atoms with Crippen LogP contribution >= 0.6 is 0 Å². The van der Waals surface area contributed by atoms with Crippen LogP contribution in [0.3, 0.4) is 0 Å². The van der Waals surface area contributed by atoms with E-state index in [9.17, 15) is 4.79 Å². The number of benzene rings is 3. The van der Waals surface area contributed by atoms with E-state index in [1.165, 1.54) is 16.7 Å². The van der Waals surface area contributed by atoms with Crippen LogP contribution in [0.1, 0.15) is 22.7 Å². The SMILES string of the molecule is Cc1ccc([C@H]([NH2+]CC(=O)Nc2ccc3c(c2)OCCO3)c2ccccc2)cc1. The van der Waals surface area contributed by atoms with E-state index < -0.39 is 0 Å². The van der Waals surface area contributed by atoms with Crippen LogP contribution in [0.4, 0.5) is 5.69 Å². The largest absolute Gasteiger partial charge is 0.486 e. The van der Waals surface area contributed by atoms with Crippen LogP contribution < -0.4 is 20.1 Å². The molecule has 0 aromatic heterocycles. The molecule has 1 atom stereocenters. The van der Waals surface area contributed by atoms with Gasteiger partial charge in [0.15, 0.2) is 18.0 Å². The smallest absolute Gasteiger partial charge is 0.279 e. The fraction of sp³-hybridized carbons (Fsp3) is 0.208. The van der Waals surface area contributed by atoms with Crippen molar-refractivity contribution in [2.45, 2.75) is 13.0 Å². The fourth-order valence-electron chi connectivity index (χ4n) is 3.46. The van der Waals surface area contributed by atoms with Gasteiger partial charge in [-0.05, 0) is 19.1 Å². The van der Waals surface area contributed by atoms with Crippen molar-refractivity contribution in [3.63, 3.8) is 0 Å². The number of nitrogens with two attached hydrogens (primary N) is 1. The summed E-state index contributed by atoms with van der Waals surface area (Å²) in [5.41, 5.74) is 4.27. The zero-order valence-corrected chi connectivity index (χ0v) is 16.4. The van der Waals surface area contributed by atoms with Crippen LogP contribution in [0.25, 0.3) is 0 Å². The Hall–Kier alpha value is -3.31. The Morgan fingerprint density at radius 1 is 0.931 bits per heavy atom. The average Bonchev–Trinajstić information content (AvgIpc) is 2.76. The monoisotopic (exact) mass is 389 g/mol. The Morgan fingerprint density at radius 2 is 1.62 bits per heavy atom. The van der Waals surface area contributed by atoms with E-state index in [1.807, 2.05) is 30.3 Å². The Kier molecular flexibility index (Phi) is 5.77. The predicted octanol–water partition coefficient (Wildman–Crippen LogP) is 3.06. The number of aryl methyl sites for hydroxylation is 1. The summed E-state index contributed by atoms with van der Waals surface area (Å²) in [5.74, 6) is 1.32. The number of quaternary nitrogens is 1. The average molecular weight is 389 g/mol. The van der Waals surface area contributed by atoms with E-state index >= 15 is 0 Å². The van der Waals surface area contributed by atoms with Gasteiger partial charge in [0.1, 0.15) is 19.3 Å². The van der Waals surface area contributed by atoms with Crippen LogP contribution in [0.2, 0.25) is 0 Å². The van der Waals surface area contributed by atoms with E-state index in [2.05, 4.69) is 54.0 Å². The number of fused-ring (bicyclic) bond motifs is 1. The molecule has 148 valence electrons. The third-order valence-electron chi connectivity index (χ3n) is 4.96. The first-order valence-electron chi connectivity index (χ1n) is 9.83. The van der Waals surface area contributed by atoms with E-state index in [0.29, 0.717) is 36.9 Å². The molecule has 0 saturated heterocycles. The lowest BCUT2D eigenvalue weighted by atomic mass is 9.98. The zero-order valence-electron chi connectivity index (χ0n) is 16.4. The molecule has 0 aliphatic carbocycles. The zero-order chi connectivity index (χ0) is 20.1. The van der Waals surface area contributed by atoms with Gasteiger partial charge in [-0.1, -0.05) is 60.2 Å². The standard InChI is InChI=1S/C24H24N2O3/c1-17-7-9-19(10-8-17)24(18-5-3-2-4-6-18)25-16-23(27)26-20-11-12-21-22(15-20)29-14-13-28-21/h2-12,15,24-25H,13-14,16H2,1H3,(H,26,27)/p+1/t24-/m1/s1. The molecule has 3 aromatic rings. The summed E-state index contributed by atoms with van der Waals surface area (Å²) >= 11 is 0. The topological polar surface area (TPSA) is 64.2 Å². The number of hydrogen-bond acceptors (Lipinski definition) is 3. The summed E-state index contributed by atoms with van der Waals surface area (Å²) in [4.78, 5) is 12.6. The van der Waals surface area contributed by atoms with Gasteiger partial charge in [-0.2, -0.15) is 0 Å². The maximum Gasteiger partial charge on any atom is 0.279 e. The van der Waals surface area contributed by atoms with Gasteiger partial charge < -0.3 is 20.1 Å². The van der Waals surface area contributed by atoms with Crippen LogP contribution in [-0.2, 0) is 4.79 Å². The lowest BCUT2D eigenvalue weighted by Crippen LogP contribution is -2.87. The van der Waals surface area contributed by atoms with E-state index in [0.717, 1.165) is 0 Å². The fourth-order valence-corrected chi connectivity index (χ4v) is 3.46. The number of hydrogen-bond donors (Lipinski definition) is 2. The molecule has 4 rings (SSSR count). The summed E-state index contributed by atoms with van der Waals surface area (Å²) in [5, 5.41) is 5.02. The Bertz CT molecular complexity index is 971. The minimum absolute atomic E-state index is 0.0582. The van der Waals surface area contributed by atoms with E-state index in [-0.39, 0.29) is 11.9 Å². The number of anilines is 1. The van der Waals surface area contributed by atoms with E-state index in [1.54, 1.807) is 6.07 Å². The van der Waals surface area contributed by atoms with Gasteiger partial charge in [-0.3, -0.25) is 4.79 Å². The Balaban J connectivity index is 1.44. The Morgan fingerprint density at radius 3 is 2.38 bits per heavy atom. The molecule has 1 heterocycles. The summed E-state index contributed by atoms with van der Waals surface area (Å²) in [6, 6.07) is 24.2. The highest BCUT2D eigenvalue weighted by Gasteiger charge is 2.19. The number of carbonyl (C=O) groups excluding carboxylic acids is 1. The van der Waals surface area contributed by atoms with Crippen LogP contribution in [0.5, 0.6) is 11.5 Å². The summed E-state index contributed by atoms with van der Waals surface area (Å²) in [7, 11) is 0. The molecule has 0 saturated carbocycles. The van der Waals surface area contributed by atoms with Crippen molar-refractivity contribution in [2.75, 3.05) is 25.1 Å². The van der Waals surface area contributed by atoms with Gasteiger partial charge in [0, 0.05) is 22.9 Å². The highest BCUT2D eigenvalue weighted by Crippen LogP contribution is 2.32. The summed E-state index contributed by atoms with van der Waals surface area (Å²) in [6.45, 7) is 3.45. The number of rotatable bonds is 6. The maximum atomic E-state index is 12.6. The molecule has 0 bridgehead atoms. The summed E-state index contributed by atoms with van der Waals surface area (Å²) < 4.78 is 11.1. The normalized spacial score (nSPS) is 13.6. The second kappa shape index (κ2) is 8.80. The van der Waals surface area contributed by atoms with Crippen molar-refractivity contribution < 1.29 is 19.6 Å². The highest BCUT2D eigenvalue weighted by molar-refractivity contribution is 5.91. The van der Waals surface area contributed by atoms with Crippen molar-refractivity contribution in [1.29, 1.82) is 0 Å². The maximum absolute atomic E-state index is 12.6. The number of amides is 1. The molecule has 1 aliphatic rings. The lowest BCUT2D eigenvalue weighted by Gasteiger charge is -2.19. The first-order valence-corrected chi connectivity index (χ1v) is 9.83. The minimum atomic E-state index is -0.0604. The first kappa shape index (κ1) is 19.0. The van der Waals surface area contributed by atoms with Gasteiger partial charge in [0.05, 0.1) is 0 Å². The van der Waals surface area contributed by atoms with Gasteiger partial charge in [-0.15, -0.1) is 0 Å².